The first-order valence-corrected chi connectivity index (χ1v) is 7.80. The van der Waals surface area contributed by atoms with Gasteiger partial charge in [0.25, 0.3) is 0 Å². The van der Waals surface area contributed by atoms with Crippen molar-refractivity contribution in [2.75, 3.05) is 14.2 Å². The molecule has 0 aromatic heterocycles. The third-order valence-corrected chi connectivity index (χ3v) is 3.97. The van der Waals surface area contributed by atoms with E-state index in [0.29, 0.717) is 27.1 Å². The monoisotopic (exact) mass is 366 g/mol. The van der Waals surface area contributed by atoms with Crippen LogP contribution in [-0.2, 0) is 16.1 Å². The molecular formula is C18H16Cl2O4. The zero-order chi connectivity index (χ0) is 17.5. The van der Waals surface area contributed by atoms with Crippen LogP contribution in [-0.4, -0.2) is 20.2 Å². The highest BCUT2D eigenvalue weighted by atomic mass is 35.5. The van der Waals surface area contributed by atoms with Crippen LogP contribution in [0.1, 0.15) is 11.1 Å². The Balaban J connectivity index is 2.03. The summed E-state index contributed by atoms with van der Waals surface area (Å²) < 4.78 is 15.6. The lowest BCUT2D eigenvalue weighted by atomic mass is 10.1. The first-order chi connectivity index (χ1) is 11.5. The number of halogens is 2. The molecule has 0 fully saturated rings. The summed E-state index contributed by atoms with van der Waals surface area (Å²) in [5, 5.41) is 0.909. The molecule has 0 spiro atoms. The highest BCUT2D eigenvalue weighted by Crippen LogP contribution is 2.26. The van der Waals surface area contributed by atoms with E-state index in [1.54, 1.807) is 56.7 Å². The van der Waals surface area contributed by atoms with Crippen LogP contribution < -0.4 is 9.47 Å². The third-order valence-electron chi connectivity index (χ3n) is 3.26. The van der Waals surface area contributed by atoms with Crippen molar-refractivity contribution in [1.82, 2.24) is 0 Å². The number of rotatable bonds is 6. The highest BCUT2D eigenvalue weighted by Gasteiger charge is 2.08. The molecule has 0 saturated carbocycles. The van der Waals surface area contributed by atoms with Gasteiger partial charge in [0.1, 0.15) is 18.1 Å². The van der Waals surface area contributed by atoms with Crippen molar-refractivity contribution in [1.29, 1.82) is 0 Å². The number of methoxy groups -OCH3 is 2. The standard InChI is InChI=1S/C18H16Cl2O4/c1-22-13-8-6-12(17(10-13)23-2)7-9-18(21)24-11-14-15(19)4-3-5-16(14)20/h3-10H,11H2,1-2H3. The molecule has 0 bridgehead atoms. The number of hydrogen-bond donors (Lipinski definition) is 0. The van der Waals surface area contributed by atoms with E-state index >= 15 is 0 Å². The number of hydrogen-bond acceptors (Lipinski definition) is 4. The van der Waals surface area contributed by atoms with Crippen LogP contribution >= 0.6 is 23.2 Å². The molecule has 0 aliphatic carbocycles. The summed E-state index contributed by atoms with van der Waals surface area (Å²) in [6.45, 7) is 0.00142. The summed E-state index contributed by atoms with van der Waals surface area (Å²) >= 11 is 12.1. The van der Waals surface area contributed by atoms with Crippen molar-refractivity contribution < 1.29 is 19.0 Å². The predicted molar refractivity (Wildman–Crippen MR) is 94.8 cm³/mol. The molecule has 0 aliphatic heterocycles. The van der Waals surface area contributed by atoms with E-state index < -0.39 is 5.97 Å². The van der Waals surface area contributed by atoms with Gasteiger partial charge in [0.2, 0.25) is 0 Å². The van der Waals surface area contributed by atoms with Gasteiger partial charge in [0, 0.05) is 33.3 Å². The number of esters is 1. The predicted octanol–water partition coefficient (Wildman–Crippen LogP) is 4.77. The SMILES string of the molecule is COc1ccc(C=CC(=O)OCc2c(Cl)cccc2Cl)c(OC)c1. The van der Waals surface area contributed by atoms with Gasteiger partial charge in [-0.05, 0) is 30.3 Å². The van der Waals surface area contributed by atoms with Gasteiger partial charge in [-0.15, -0.1) is 0 Å². The zero-order valence-electron chi connectivity index (χ0n) is 13.2. The Morgan fingerprint density at radius 1 is 1.08 bits per heavy atom. The van der Waals surface area contributed by atoms with Crippen LogP contribution in [0.4, 0.5) is 0 Å². The van der Waals surface area contributed by atoms with Crippen LogP contribution in [0.2, 0.25) is 10.0 Å². The van der Waals surface area contributed by atoms with E-state index in [1.165, 1.54) is 6.08 Å². The largest absolute Gasteiger partial charge is 0.497 e. The molecule has 0 heterocycles. The second-order valence-electron chi connectivity index (χ2n) is 4.75. The Bertz CT molecular complexity index is 736. The Morgan fingerprint density at radius 2 is 1.79 bits per heavy atom. The molecule has 126 valence electrons. The third kappa shape index (κ3) is 4.66. The Kier molecular flexibility index (Phi) is 6.53. The molecule has 2 aromatic rings. The van der Waals surface area contributed by atoms with Gasteiger partial charge in [0.05, 0.1) is 14.2 Å². The number of benzene rings is 2. The van der Waals surface area contributed by atoms with E-state index in [9.17, 15) is 4.79 Å². The van der Waals surface area contributed by atoms with Crippen LogP contribution in [0.5, 0.6) is 11.5 Å². The van der Waals surface area contributed by atoms with Crippen LogP contribution in [0.3, 0.4) is 0 Å². The van der Waals surface area contributed by atoms with Crippen molar-refractivity contribution in [3.63, 3.8) is 0 Å². The quantitative estimate of drug-likeness (QED) is 0.545. The van der Waals surface area contributed by atoms with Gasteiger partial charge in [-0.2, -0.15) is 0 Å². The summed E-state index contributed by atoms with van der Waals surface area (Å²) in [7, 11) is 3.12. The number of ether oxygens (including phenoxy) is 3. The molecule has 0 unspecified atom stereocenters. The molecule has 0 saturated heterocycles. The van der Waals surface area contributed by atoms with Gasteiger partial charge in [-0.25, -0.2) is 4.79 Å². The van der Waals surface area contributed by atoms with Crippen molar-refractivity contribution in [3.8, 4) is 11.5 Å². The van der Waals surface area contributed by atoms with E-state index in [1.807, 2.05) is 0 Å². The van der Waals surface area contributed by atoms with Crippen LogP contribution in [0, 0.1) is 0 Å². The Labute approximate surface area is 150 Å². The lowest BCUT2D eigenvalue weighted by Gasteiger charge is -2.08. The molecule has 2 aromatic carbocycles. The molecule has 6 heteroatoms. The summed E-state index contributed by atoms with van der Waals surface area (Å²) in [5.41, 5.74) is 1.30. The topological polar surface area (TPSA) is 44.8 Å². The average Bonchev–Trinajstić information content (AvgIpc) is 2.59. The maximum atomic E-state index is 11.9. The van der Waals surface area contributed by atoms with Crippen molar-refractivity contribution in [2.45, 2.75) is 6.61 Å². The molecule has 2 rings (SSSR count). The highest BCUT2D eigenvalue weighted by molar-refractivity contribution is 6.35. The van der Waals surface area contributed by atoms with Gasteiger partial charge >= 0.3 is 5.97 Å². The number of carbonyl (C=O) groups excluding carboxylic acids is 1. The fourth-order valence-electron chi connectivity index (χ4n) is 1.98. The van der Waals surface area contributed by atoms with Crippen molar-refractivity contribution >= 4 is 35.2 Å². The minimum atomic E-state index is -0.510. The molecule has 0 atom stereocenters. The maximum absolute atomic E-state index is 11.9. The van der Waals surface area contributed by atoms with E-state index in [4.69, 9.17) is 37.4 Å². The molecule has 0 amide bonds. The van der Waals surface area contributed by atoms with Gasteiger partial charge in [-0.1, -0.05) is 29.3 Å². The molecule has 24 heavy (non-hydrogen) atoms. The van der Waals surface area contributed by atoms with Crippen LogP contribution in [0.15, 0.2) is 42.5 Å². The zero-order valence-corrected chi connectivity index (χ0v) is 14.7. The summed E-state index contributed by atoms with van der Waals surface area (Å²) in [6.07, 6.45) is 2.92. The van der Waals surface area contributed by atoms with Crippen molar-refractivity contribution in [2.24, 2.45) is 0 Å². The van der Waals surface area contributed by atoms with Crippen LogP contribution in [0.25, 0.3) is 6.08 Å². The van der Waals surface area contributed by atoms with Gasteiger partial charge < -0.3 is 14.2 Å². The molecule has 4 nitrogen and oxygen atoms in total. The van der Waals surface area contributed by atoms with Gasteiger partial charge in [0.15, 0.2) is 0 Å². The summed E-state index contributed by atoms with van der Waals surface area (Å²) in [4.78, 5) is 11.9. The first-order valence-electron chi connectivity index (χ1n) is 7.05. The summed E-state index contributed by atoms with van der Waals surface area (Å²) in [6, 6.07) is 10.4. The lowest BCUT2D eigenvalue weighted by Crippen LogP contribution is -2.02. The average molecular weight is 367 g/mol. The fraction of sp³-hybridized carbons (Fsp3) is 0.167. The second kappa shape index (κ2) is 8.62. The lowest BCUT2D eigenvalue weighted by molar-refractivity contribution is -0.138. The van der Waals surface area contributed by atoms with Gasteiger partial charge in [-0.3, -0.25) is 0 Å². The Hall–Kier alpha value is -2.17. The minimum Gasteiger partial charge on any atom is -0.497 e. The van der Waals surface area contributed by atoms with E-state index in [2.05, 4.69) is 0 Å². The Morgan fingerprint density at radius 3 is 2.42 bits per heavy atom. The molecule has 0 N–H and O–H groups in total. The van der Waals surface area contributed by atoms with E-state index in [-0.39, 0.29) is 6.61 Å². The minimum absolute atomic E-state index is 0.00142. The molecular weight excluding hydrogens is 351 g/mol. The summed E-state index contributed by atoms with van der Waals surface area (Å²) in [5.74, 6) is 0.747. The smallest absolute Gasteiger partial charge is 0.331 e. The maximum Gasteiger partial charge on any atom is 0.331 e. The fourth-order valence-corrected chi connectivity index (χ4v) is 2.48. The molecule has 0 radical (unpaired) electrons. The normalized spacial score (nSPS) is 10.7. The second-order valence-corrected chi connectivity index (χ2v) is 5.56. The number of carbonyl (C=O) groups is 1. The van der Waals surface area contributed by atoms with Crippen molar-refractivity contribution in [3.05, 3.63) is 63.6 Å². The molecule has 0 aliphatic rings. The van der Waals surface area contributed by atoms with E-state index in [0.717, 1.165) is 5.56 Å². The first kappa shape index (κ1) is 18.2.